The topological polar surface area (TPSA) is 64.7 Å². The van der Waals surface area contributed by atoms with Gasteiger partial charge in [0.1, 0.15) is 0 Å². The first-order valence-corrected chi connectivity index (χ1v) is 11.9. The van der Waals surface area contributed by atoms with Crippen LogP contribution < -0.4 is 10.6 Å². The molecule has 2 heterocycles. The van der Waals surface area contributed by atoms with Crippen molar-refractivity contribution >= 4 is 29.2 Å². The summed E-state index contributed by atoms with van der Waals surface area (Å²) >= 11 is 6.49. The SMILES string of the molecule is O=C(NCC(c1ccccc1Cl)N1CCCC1)C1CCCN(C(=O)Nc2ccccc2)C1. The Morgan fingerprint density at radius 2 is 1.69 bits per heavy atom. The maximum Gasteiger partial charge on any atom is 0.321 e. The smallest absolute Gasteiger partial charge is 0.321 e. The number of nitrogens with zero attached hydrogens (tertiary/aromatic N) is 2. The molecule has 0 aromatic heterocycles. The van der Waals surface area contributed by atoms with Crippen molar-refractivity contribution in [2.75, 3.05) is 38.0 Å². The first-order valence-electron chi connectivity index (χ1n) is 11.5. The van der Waals surface area contributed by atoms with Gasteiger partial charge in [-0.3, -0.25) is 9.69 Å². The molecule has 0 aliphatic carbocycles. The molecule has 2 aliphatic rings. The first kappa shape index (κ1) is 22.6. The predicted octanol–water partition coefficient (Wildman–Crippen LogP) is 4.54. The van der Waals surface area contributed by atoms with Crippen LogP contribution in [0.15, 0.2) is 54.6 Å². The molecule has 2 aliphatic heterocycles. The number of hydrogen-bond acceptors (Lipinski definition) is 3. The number of para-hydroxylation sites is 1. The zero-order valence-corrected chi connectivity index (χ0v) is 19.1. The predicted molar refractivity (Wildman–Crippen MR) is 128 cm³/mol. The molecule has 6 nitrogen and oxygen atoms in total. The molecule has 0 saturated carbocycles. The van der Waals surface area contributed by atoms with Gasteiger partial charge >= 0.3 is 6.03 Å². The second-order valence-electron chi connectivity index (χ2n) is 8.61. The van der Waals surface area contributed by atoms with E-state index in [9.17, 15) is 9.59 Å². The monoisotopic (exact) mass is 454 g/mol. The Bertz CT molecular complexity index is 917. The van der Waals surface area contributed by atoms with Gasteiger partial charge in [0.05, 0.1) is 12.0 Å². The molecule has 3 amide bonds. The van der Waals surface area contributed by atoms with Crippen molar-refractivity contribution < 1.29 is 9.59 Å². The number of halogens is 1. The Morgan fingerprint density at radius 1 is 0.969 bits per heavy atom. The number of urea groups is 1. The summed E-state index contributed by atoms with van der Waals surface area (Å²) in [6.45, 7) is 3.66. The molecule has 4 rings (SSSR count). The zero-order chi connectivity index (χ0) is 22.3. The van der Waals surface area contributed by atoms with E-state index < -0.39 is 0 Å². The van der Waals surface area contributed by atoms with Crippen molar-refractivity contribution in [3.63, 3.8) is 0 Å². The average Bonchev–Trinajstić information content (AvgIpc) is 3.35. The summed E-state index contributed by atoms with van der Waals surface area (Å²) < 4.78 is 0. The van der Waals surface area contributed by atoms with Crippen molar-refractivity contribution in [3.8, 4) is 0 Å². The molecule has 2 unspecified atom stereocenters. The zero-order valence-electron chi connectivity index (χ0n) is 18.3. The number of carbonyl (C=O) groups is 2. The van der Waals surface area contributed by atoms with Gasteiger partial charge in [-0.15, -0.1) is 0 Å². The molecule has 2 aromatic rings. The molecule has 2 N–H and O–H groups in total. The summed E-state index contributed by atoms with van der Waals surface area (Å²) in [6, 6.07) is 17.2. The molecule has 32 heavy (non-hydrogen) atoms. The highest BCUT2D eigenvalue weighted by atomic mass is 35.5. The third-order valence-electron chi connectivity index (χ3n) is 6.42. The summed E-state index contributed by atoms with van der Waals surface area (Å²) in [5, 5.41) is 6.82. The van der Waals surface area contributed by atoms with Crippen LogP contribution in [0.4, 0.5) is 10.5 Å². The van der Waals surface area contributed by atoms with Crippen LogP contribution in [0.1, 0.15) is 37.3 Å². The lowest BCUT2D eigenvalue weighted by molar-refractivity contribution is -0.126. The largest absolute Gasteiger partial charge is 0.354 e. The third kappa shape index (κ3) is 5.61. The summed E-state index contributed by atoms with van der Waals surface area (Å²) in [7, 11) is 0. The molecule has 2 saturated heterocycles. The maximum absolute atomic E-state index is 13.0. The van der Waals surface area contributed by atoms with Crippen LogP contribution in [0.3, 0.4) is 0 Å². The van der Waals surface area contributed by atoms with Crippen molar-refractivity contribution in [3.05, 3.63) is 65.2 Å². The van der Waals surface area contributed by atoms with Crippen LogP contribution in [0.2, 0.25) is 5.02 Å². The molecule has 170 valence electrons. The summed E-state index contributed by atoms with van der Waals surface area (Å²) in [4.78, 5) is 29.8. The number of nitrogens with one attached hydrogen (secondary N) is 2. The van der Waals surface area contributed by atoms with E-state index >= 15 is 0 Å². The van der Waals surface area contributed by atoms with E-state index in [0.29, 0.717) is 19.6 Å². The van der Waals surface area contributed by atoms with Crippen LogP contribution >= 0.6 is 11.6 Å². The van der Waals surface area contributed by atoms with Gasteiger partial charge in [0.15, 0.2) is 0 Å². The van der Waals surface area contributed by atoms with Gasteiger partial charge in [-0.2, -0.15) is 0 Å². The van der Waals surface area contributed by atoms with E-state index in [1.165, 1.54) is 12.8 Å². The van der Waals surface area contributed by atoms with Crippen LogP contribution in [0.25, 0.3) is 0 Å². The van der Waals surface area contributed by atoms with Crippen molar-refractivity contribution in [2.45, 2.75) is 31.7 Å². The second kappa shape index (κ2) is 10.8. The number of amides is 3. The summed E-state index contributed by atoms with van der Waals surface area (Å²) in [5.41, 5.74) is 1.82. The van der Waals surface area contributed by atoms with Crippen LogP contribution in [0.5, 0.6) is 0 Å². The van der Waals surface area contributed by atoms with Crippen molar-refractivity contribution in [1.82, 2.24) is 15.1 Å². The van der Waals surface area contributed by atoms with Crippen LogP contribution in [0, 0.1) is 5.92 Å². The van der Waals surface area contributed by atoms with E-state index in [-0.39, 0.29) is 23.9 Å². The van der Waals surface area contributed by atoms with Crippen LogP contribution in [-0.2, 0) is 4.79 Å². The van der Waals surface area contributed by atoms with E-state index in [2.05, 4.69) is 15.5 Å². The van der Waals surface area contributed by atoms with E-state index in [0.717, 1.165) is 42.2 Å². The minimum absolute atomic E-state index is 0.0125. The number of carbonyl (C=O) groups excluding carboxylic acids is 2. The van der Waals surface area contributed by atoms with Gasteiger partial charge in [-0.05, 0) is 62.5 Å². The normalized spacial score (nSPS) is 20.0. The lowest BCUT2D eigenvalue weighted by Crippen LogP contribution is -2.48. The molecular weight excluding hydrogens is 424 g/mol. The summed E-state index contributed by atoms with van der Waals surface area (Å²) in [5.74, 6) is -0.186. The maximum atomic E-state index is 13.0. The Kier molecular flexibility index (Phi) is 7.66. The third-order valence-corrected chi connectivity index (χ3v) is 6.76. The highest BCUT2D eigenvalue weighted by Crippen LogP contribution is 2.30. The Hall–Kier alpha value is -2.57. The van der Waals surface area contributed by atoms with Gasteiger partial charge < -0.3 is 15.5 Å². The minimum atomic E-state index is -0.198. The number of piperidine rings is 1. The number of likely N-dealkylation sites (tertiary alicyclic amines) is 2. The van der Waals surface area contributed by atoms with Gasteiger partial charge in [0.25, 0.3) is 0 Å². The van der Waals surface area contributed by atoms with E-state index in [1.54, 1.807) is 4.90 Å². The number of hydrogen-bond donors (Lipinski definition) is 2. The Labute approximate surface area is 194 Å². The number of anilines is 1. The van der Waals surface area contributed by atoms with Gasteiger partial charge in [-0.1, -0.05) is 48.0 Å². The summed E-state index contributed by atoms with van der Waals surface area (Å²) in [6.07, 6.45) is 3.95. The lowest BCUT2D eigenvalue weighted by Gasteiger charge is -2.33. The first-order chi connectivity index (χ1) is 15.6. The fourth-order valence-corrected chi connectivity index (χ4v) is 4.94. The fourth-order valence-electron chi connectivity index (χ4n) is 4.68. The second-order valence-corrected chi connectivity index (χ2v) is 9.01. The highest BCUT2D eigenvalue weighted by Gasteiger charge is 2.30. The number of rotatable bonds is 6. The molecular formula is C25H31ClN4O2. The van der Waals surface area contributed by atoms with Crippen molar-refractivity contribution in [2.24, 2.45) is 5.92 Å². The molecule has 0 bridgehead atoms. The number of benzene rings is 2. The average molecular weight is 455 g/mol. The van der Waals surface area contributed by atoms with Gasteiger partial charge in [0, 0.05) is 30.3 Å². The molecule has 2 fully saturated rings. The fraction of sp³-hybridized carbons (Fsp3) is 0.440. The standard InChI is InChI=1S/C25H31ClN4O2/c26-22-13-5-4-12-21(22)23(29-14-6-7-15-29)17-27-24(31)19-9-8-16-30(18-19)25(32)28-20-10-2-1-3-11-20/h1-5,10-13,19,23H,6-9,14-18H2,(H,27,31)(H,28,32). The molecule has 2 aromatic carbocycles. The van der Waals surface area contributed by atoms with Crippen molar-refractivity contribution in [1.29, 1.82) is 0 Å². The van der Waals surface area contributed by atoms with Gasteiger partial charge in [0.2, 0.25) is 5.91 Å². The molecule has 0 radical (unpaired) electrons. The van der Waals surface area contributed by atoms with Gasteiger partial charge in [-0.25, -0.2) is 4.79 Å². The van der Waals surface area contributed by atoms with Crippen LogP contribution in [-0.4, -0.2) is 54.5 Å². The molecule has 0 spiro atoms. The quantitative estimate of drug-likeness (QED) is 0.673. The van der Waals surface area contributed by atoms with E-state index in [1.807, 2.05) is 54.6 Å². The van der Waals surface area contributed by atoms with E-state index in [4.69, 9.17) is 11.6 Å². The molecule has 2 atom stereocenters. The Morgan fingerprint density at radius 3 is 2.44 bits per heavy atom. The Balaban J connectivity index is 1.35. The highest BCUT2D eigenvalue weighted by molar-refractivity contribution is 6.31. The molecule has 7 heteroatoms. The minimum Gasteiger partial charge on any atom is -0.354 e. The lowest BCUT2D eigenvalue weighted by atomic mass is 9.97.